The summed E-state index contributed by atoms with van der Waals surface area (Å²) in [5, 5.41) is 0. The molecular formula is C22H28O2. The first kappa shape index (κ1) is 16.0. The van der Waals surface area contributed by atoms with Crippen LogP contribution in [0, 0.1) is 41.4 Å². The highest BCUT2D eigenvalue weighted by Crippen LogP contribution is 2.61. The van der Waals surface area contributed by atoms with Crippen LogP contribution in [0.25, 0.3) is 0 Å². The van der Waals surface area contributed by atoms with E-state index in [1.807, 2.05) is 0 Å². The number of esters is 1. The van der Waals surface area contributed by atoms with Gasteiger partial charge in [-0.25, -0.2) is 0 Å². The minimum atomic E-state index is -0.213. The maximum Gasteiger partial charge on any atom is 0.318 e. The van der Waals surface area contributed by atoms with Crippen LogP contribution in [0.3, 0.4) is 0 Å². The van der Waals surface area contributed by atoms with E-state index in [1.165, 1.54) is 38.5 Å². The molecule has 0 N–H and O–H groups in total. The van der Waals surface area contributed by atoms with Gasteiger partial charge in [0.05, 0.1) is 0 Å². The largest absolute Gasteiger partial charge is 0.461 e. The van der Waals surface area contributed by atoms with Crippen LogP contribution in [-0.2, 0) is 9.53 Å². The topological polar surface area (TPSA) is 26.3 Å². The van der Waals surface area contributed by atoms with Crippen LogP contribution in [0.15, 0.2) is 23.8 Å². The summed E-state index contributed by atoms with van der Waals surface area (Å²) in [5.74, 6) is 5.30. The SMILES string of the molecule is C#CCC(=O)O[C@H]1CC[C@H]2[C@@H]3CC=C4C=CCC[C@@H]4[C@H]3CC[C@]12C. The number of rotatable bonds is 2. The van der Waals surface area contributed by atoms with E-state index in [4.69, 9.17) is 11.2 Å². The molecule has 2 fully saturated rings. The van der Waals surface area contributed by atoms with Crippen LogP contribution in [0.2, 0.25) is 0 Å². The Hall–Kier alpha value is -1.49. The number of fused-ring (bicyclic) bond motifs is 5. The Morgan fingerprint density at radius 3 is 3.04 bits per heavy atom. The Balaban J connectivity index is 1.54. The summed E-state index contributed by atoms with van der Waals surface area (Å²) in [4.78, 5) is 11.9. The van der Waals surface area contributed by atoms with E-state index in [1.54, 1.807) is 5.57 Å². The lowest BCUT2D eigenvalue weighted by atomic mass is 9.53. The molecule has 0 spiro atoms. The molecule has 0 aromatic carbocycles. The molecule has 0 heterocycles. The van der Waals surface area contributed by atoms with Crippen molar-refractivity contribution >= 4 is 5.97 Å². The average molecular weight is 324 g/mol. The predicted octanol–water partition coefficient (Wildman–Crippen LogP) is 4.66. The van der Waals surface area contributed by atoms with Crippen molar-refractivity contribution in [1.82, 2.24) is 0 Å². The Labute approximate surface area is 145 Å². The Morgan fingerprint density at radius 2 is 2.21 bits per heavy atom. The second kappa shape index (κ2) is 6.10. The van der Waals surface area contributed by atoms with Crippen LogP contribution >= 0.6 is 0 Å². The van der Waals surface area contributed by atoms with E-state index in [2.05, 4.69) is 31.1 Å². The molecule has 4 aliphatic rings. The number of ether oxygens (including phenoxy) is 1. The van der Waals surface area contributed by atoms with E-state index in [0.717, 1.165) is 24.2 Å². The van der Waals surface area contributed by atoms with Gasteiger partial charge in [0, 0.05) is 5.41 Å². The van der Waals surface area contributed by atoms with Gasteiger partial charge in [-0.15, -0.1) is 6.42 Å². The molecule has 0 saturated heterocycles. The first-order chi connectivity index (χ1) is 11.6. The van der Waals surface area contributed by atoms with E-state index in [9.17, 15) is 4.79 Å². The first-order valence-corrected chi connectivity index (χ1v) is 9.63. The van der Waals surface area contributed by atoms with Crippen LogP contribution in [0.4, 0.5) is 0 Å². The zero-order chi connectivity index (χ0) is 16.7. The van der Waals surface area contributed by atoms with Crippen molar-refractivity contribution in [3.63, 3.8) is 0 Å². The molecule has 0 amide bonds. The molecule has 4 aliphatic carbocycles. The summed E-state index contributed by atoms with van der Waals surface area (Å²) in [6.07, 6.45) is 21.1. The molecular weight excluding hydrogens is 296 g/mol. The molecule has 0 aromatic rings. The van der Waals surface area contributed by atoms with Crippen LogP contribution in [0.1, 0.15) is 58.3 Å². The van der Waals surface area contributed by atoms with Gasteiger partial charge in [-0.05, 0) is 74.2 Å². The maximum absolute atomic E-state index is 11.9. The molecule has 0 aliphatic heterocycles. The first-order valence-electron chi connectivity index (χ1n) is 9.63. The summed E-state index contributed by atoms with van der Waals surface area (Å²) in [7, 11) is 0. The molecule has 4 rings (SSSR count). The third-order valence-corrected chi connectivity index (χ3v) is 7.45. The molecule has 6 atom stereocenters. The van der Waals surface area contributed by atoms with Crippen LogP contribution in [-0.4, -0.2) is 12.1 Å². The van der Waals surface area contributed by atoms with Gasteiger partial charge in [0.2, 0.25) is 0 Å². The zero-order valence-electron chi connectivity index (χ0n) is 14.7. The van der Waals surface area contributed by atoms with Gasteiger partial charge in [-0.1, -0.05) is 31.1 Å². The molecule has 0 bridgehead atoms. The second-order valence-electron chi connectivity index (χ2n) is 8.44. The smallest absolute Gasteiger partial charge is 0.318 e. The van der Waals surface area contributed by atoms with Gasteiger partial charge in [-0.3, -0.25) is 4.79 Å². The zero-order valence-corrected chi connectivity index (χ0v) is 14.7. The third kappa shape index (κ3) is 2.44. The fraction of sp³-hybridized carbons (Fsp3) is 0.682. The highest BCUT2D eigenvalue weighted by Gasteiger charge is 2.56. The number of allylic oxidation sites excluding steroid dienone is 4. The summed E-state index contributed by atoms with van der Waals surface area (Å²) in [6, 6.07) is 0. The van der Waals surface area contributed by atoms with Crippen molar-refractivity contribution in [2.75, 3.05) is 0 Å². The summed E-state index contributed by atoms with van der Waals surface area (Å²) in [5.41, 5.74) is 1.75. The van der Waals surface area contributed by atoms with E-state index in [-0.39, 0.29) is 23.9 Å². The summed E-state index contributed by atoms with van der Waals surface area (Å²) < 4.78 is 5.80. The highest BCUT2D eigenvalue weighted by atomic mass is 16.5. The minimum Gasteiger partial charge on any atom is -0.461 e. The van der Waals surface area contributed by atoms with Crippen molar-refractivity contribution in [3.8, 4) is 12.3 Å². The average Bonchev–Trinajstić information content (AvgIpc) is 2.91. The number of terminal acetylenes is 1. The highest BCUT2D eigenvalue weighted by molar-refractivity contribution is 5.72. The van der Waals surface area contributed by atoms with Crippen molar-refractivity contribution in [2.24, 2.45) is 29.1 Å². The second-order valence-corrected chi connectivity index (χ2v) is 8.44. The molecule has 0 radical (unpaired) electrons. The van der Waals surface area contributed by atoms with Crippen LogP contribution in [0.5, 0.6) is 0 Å². The lowest BCUT2D eigenvalue weighted by Gasteiger charge is -2.52. The van der Waals surface area contributed by atoms with Crippen LogP contribution < -0.4 is 0 Å². The van der Waals surface area contributed by atoms with Crippen molar-refractivity contribution < 1.29 is 9.53 Å². The fourth-order valence-corrected chi connectivity index (χ4v) is 6.32. The molecule has 0 unspecified atom stereocenters. The predicted molar refractivity (Wildman–Crippen MR) is 94.9 cm³/mol. The minimum absolute atomic E-state index is 0.0703. The molecule has 0 aromatic heterocycles. The van der Waals surface area contributed by atoms with E-state index < -0.39 is 0 Å². The number of carbonyl (C=O) groups is 1. The van der Waals surface area contributed by atoms with E-state index >= 15 is 0 Å². The quantitative estimate of drug-likeness (QED) is 0.545. The van der Waals surface area contributed by atoms with Gasteiger partial charge in [0.15, 0.2) is 0 Å². The van der Waals surface area contributed by atoms with E-state index in [0.29, 0.717) is 5.92 Å². The van der Waals surface area contributed by atoms with Crippen molar-refractivity contribution in [1.29, 1.82) is 0 Å². The Bertz CT molecular complexity index is 622. The van der Waals surface area contributed by atoms with Gasteiger partial charge in [0.25, 0.3) is 0 Å². The molecule has 2 saturated carbocycles. The lowest BCUT2D eigenvalue weighted by Crippen LogP contribution is -2.47. The third-order valence-electron chi connectivity index (χ3n) is 7.45. The van der Waals surface area contributed by atoms with Gasteiger partial charge in [-0.2, -0.15) is 0 Å². The number of carbonyl (C=O) groups excluding carboxylic acids is 1. The number of hydrogen-bond acceptors (Lipinski definition) is 2. The van der Waals surface area contributed by atoms with Gasteiger partial charge in [0.1, 0.15) is 12.5 Å². The lowest BCUT2D eigenvalue weighted by molar-refractivity contribution is -0.157. The van der Waals surface area contributed by atoms with Crippen molar-refractivity contribution in [3.05, 3.63) is 23.8 Å². The standard InChI is InChI=1S/C22H28O2/c1-3-6-21(23)24-20-12-11-19-18-10-9-15-7-4-5-8-16(15)17(18)13-14-22(19,20)2/h1,4,7,9,16-20H,5-6,8,10-14H2,2H3/t16-,17+,18+,19-,20-,22-/m0/s1. The maximum atomic E-state index is 11.9. The van der Waals surface area contributed by atoms with Gasteiger partial charge >= 0.3 is 5.97 Å². The normalized spacial score (nSPS) is 43.0. The Kier molecular flexibility index (Phi) is 4.07. The molecule has 2 heteroatoms. The summed E-state index contributed by atoms with van der Waals surface area (Å²) in [6.45, 7) is 2.37. The Morgan fingerprint density at radius 1 is 1.33 bits per heavy atom. The molecule has 2 nitrogen and oxygen atoms in total. The monoisotopic (exact) mass is 324 g/mol. The molecule has 128 valence electrons. The van der Waals surface area contributed by atoms with Gasteiger partial charge < -0.3 is 4.74 Å². The molecule has 24 heavy (non-hydrogen) atoms. The number of hydrogen-bond donors (Lipinski definition) is 0. The summed E-state index contributed by atoms with van der Waals surface area (Å²) >= 11 is 0. The van der Waals surface area contributed by atoms with Crippen molar-refractivity contribution in [2.45, 2.75) is 64.4 Å². The fourth-order valence-electron chi connectivity index (χ4n) is 6.32.